The second kappa shape index (κ2) is 7.22. The highest BCUT2D eigenvalue weighted by atomic mass is 16.5. The molecule has 1 heterocycles. The number of methoxy groups -OCH3 is 1. The van der Waals surface area contributed by atoms with E-state index in [9.17, 15) is 0 Å². The average molecular weight is 230 g/mol. The largest absolute Gasteiger partial charge is 0.385 e. The van der Waals surface area contributed by atoms with Crippen LogP contribution in [0.5, 0.6) is 0 Å². The molecule has 0 saturated carbocycles. The lowest BCUT2D eigenvalue weighted by Crippen LogP contribution is -2.53. The van der Waals surface area contributed by atoms with Gasteiger partial charge in [0, 0.05) is 32.8 Å². The van der Waals surface area contributed by atoms with Crippen LogP contribution in [0.3, 0.4) is 0 Å². The van der Waals surface area contributed by atoms with E-state index < -0.39 is 0 Å². The number of hydrogen-bond acceptors (Lipinski definition) is 4. The van der Waals surface area contributed by atoms with Crippen LogP contribution in [-0.2, 0) is 9.47 Å². The van der Waals surface area contributed by atoms with Gasteiger partial charge in [0.05, 0.1) is 12.7 Å². The molecule has 4 heteroatoms. The highest BCUT2D eigenvalue weighted by molar-refractivity contribution is 4.84. The van der Waals surface area contributed by atoms with E-state index in [1.54, 1.807) is 7.11 Å². The SMILES string of the molecule is CNC(C(C)CCOC)C1CN(C)CCO1. The Morgan fingerprint density at radius 1 is 1.56 bits per heavy atom. The highest BCUT2D eigenvalue weighted by Gasteiger charge is 2.29. The minimum Gasteiger partial charge on any atom is -0.385 e. The van der Waals surface area contributed by atoms with Crippen LogP contribution in [0.1, 0.15) is 13.3 Å². The van der Waals surface area contributed by atoms with Gasteiger partial charge in [0.15, 0.2) is 0 Å². The van der Waals surface area contributed by atoms with Crippen LogP contribution in [0.25, 0.3) is 0 Å². The second-order valence-electron chi connectivity index (χ2n) is 4.74. The number of nitrogens with one attached hydrogen (secondary N) is 1. The molecule has 0 aliphatic carbocycles. The van der Waals surface area contributed by atoms with Crippen molar-refractivity contribution in [2.24, 2.45) is 5.92 Å². The van der Waals surface area contributed by atoms with Gasteiger partial charge in [-0.25, -0.2) is 0 Å². The second-order valence-corrected chi connectivity index (χ2v) is 4.74. The van der Waals surface area contributed by atoms with Gasteiger partial charge in [0.2, 0.25) is 0 Å². The maximum absolute atomic E-state index is 5.86. The van der Waals surface area contributed by atoms with Crippen molar-refractivity contribution in [2.75, 3.05) is 47.5 Å². The van der Waals surface area contributed by atoms with Crippen LogP contribution in [0, 0.1) is 5.92 Å². The first-order valence-corrected chi connectivity index (χ1v) is 6.15. The lowest BCUT2D eigenvalue weighted by atomic mass is 9.93. The molecule has 1 N–H and O–H groups in total. The third-order valence-corrected chi connectivity index (χ3v) is 3.42. The molecule has 1 aliphatic rings. The Labute approximate surface area is 99.3 Å². The van der Waals surface area contributed by atoms with Gasteiger partial charge in [-0.05, 0) is 26.4 Å². The summed E-state index contributed by atoms with van der Waals surface area (Å²) in [6.45, 7) is 5.98. The Balaban J connectivity index is 2.44. The molecule has 3 atom stereocenters. The molecule has 16 heavy (non-hydrogen) atoms. The third kappa shape index (κ3) is 4.01. The topological polar surface area (TPSA) is 33.7 Å². The standard InChI is InChI=1S/C12H26N2O2/c1-10(5-7-15-4)12(13-2)11-9-14(3)6-8-16-11/h10-13H,5-9H2,1-4H3. The van der Waals surface area contributed by atoms with Gasteiger partial charge in [0.1, 0.15) is 0 Å². The highest BCUT2D eigenvalue weighted by Crippen LogP contribution is 2.17. The van der Waals surface area contributed by atoms with E-state index in [0.29, 0.717) is 18.1 Å². The number of nitrogens with zero attached hydrogens (tertiary/aromatic N) is 1. The Morgan fingerprint density at radius 2 is 2.31 bits per heavy atom. The van der Waals surface area contributed by atoms with Crippen molar-refractivity contribution in [3.8, 4) is 0 Å². The first kappa shape index (κ1) is 13.9. The van der Waals surface area contributed by atoms with E-state index in [1.165, 1.54) is 0 Å². The summed E-state index contributed by atoms with van der Waals surface area (Å²) in [4.78, 5) is 2.33. The lowest BCUT2D eigenvalue weighted by molar-refractivity contribution is -0.0484. The molecule has 1 rings (SSSR count). The van der Waals surface area contributed by atoms with Gasteiger partial charge in [0.25, 0.3) is 0 Å². The predicted octanol–water partition coefficient (Wildman–Crippen LogP) is 0.578. The average Bonchev–Trinajstić information content (AvgIpc) is 2.27. The van der Waals surface area contributed by atoms with Crippen molar-refractivity contribution in [1.82, 2.24) is 10.2 Å². The Kier molecular flexibility index (Phi) is 6.28. The van der Waals surface area contributed by atoms with E-state index in [2.05, 4.69) is 24.2 Å². The normalized spacial score (nSPS) is 26.6. The van der Waals surface area contributed by atoms with Crippen LogP contribution in [0.15, 0.2) is 0 Å². The molecule has 0 aromatic carbocycles. The van der Waals surface area contributed by atoms with Crippen molar-refractivity contribution in [3.05, 3.63) is 0 Å². The molecule has 0 amide bonds. The molecule has 0 radical (unpaired) electrons. The van der Waals surface area contributed by atoms with Crippen LogP contribution >= 0.6 is 0 Å². The number of hydrogen-bond donors (Lipinski definition) is 1. The van der Waals surface area contributed by atoms with Gasteiger partial charge >= 0.3 is 0 Å². The summed E-state index contributed by atoms with van der Waals surface area (Å²) in [5.41, 5.74) is 0. The number of ether oxygens (including phenoxy) is 2. The molecule has 96 valence electrons. The first-order chi connectivity index (χ1) is 7.69. The molecule has 4 nitrogen and oxygen atoms in total. The summed E-state index contributed by atoms with van der Waals surface area (Å²) in [6, 6.07) is 0.415. The minimum absolute atomic E-state index is 0.301. The zero-order valence-corrected chi connectivity index (χ0v) is 11.0. The zero-order valence-electron chi connectivity index (χ0n) is 11.0. The van der Waals surface area contributed by atoms with Crippen molar-refractivity contribution in [3.63, 3.8) is 0 Å². The van der Waals surface area contributed by atoms with Gasteiger partial charge in [-0.3, -0.25) is 0 Å². The monoisotopic (exact) mass is 230 g/mol. The van der Waals surface area contributed by atoms with E-state index in [1.807, 2.05) is 7.05 Å². The molecule has 0 aromatic heterocycles. The molecular formula is C12H26N2O2. The van der Waals surface area contributed by atoms with Crippen LogP contribution in [-0.4, -0.2) is 64.6 Å². The number of rotatable bonds is 6. The fraction of sp³-hybridized carbons (Fsp3) is 1.00. The fourth-order valence-corrected chi connectivity index (χ4v) is 2.35. The molecule has 0 spiro atoms. The molecule has 1 aliphatic heterocycles. The fourth-order valence-electron chi connectivity index (χ4n) is 2.35. The first-order valence-electron chi connectivity index (χ1n) is 6.15. The molecule has 1 fully saturated rings. The van der Waals surface area contributed by atoms with Crippen molar-refractivity contribution in [2.45, 2.75) is 25.5 Å². The van der Waals surface area contributed by atoms with Crippen molar-refractivity contribution >= 4 is 0 Å². The quantitative estimate of drug-likeness (QED) is 0.723. The van der Waals surface area contributed by atoms with Gasteiger partial charge in [-0.15, -0.1) is 0 Å². The molecular weight excluding hydrogens is 204 g/mol. The van der Waals surface area contributed by atoms with Gasteiger partial charge in [-0.1, -0.05) is 6.92 Å². The summed E-state index contributed by atoms with van der Waals surface area (Å²) < 4.78 is 11.0. The van der Waals surface area contributed by atoms with E-state index in [4.69, 9.17) is 9.47 Å². The summed E-state index contributed by atoms with van der Waals surface area (Å²) in [5, 5.41) is 3.39. The zero-order chi connectivity index (χ0) is 12.0. The lowest BCUT2D eigenvalue weighted by Gasteiger charge is -2.37. The van der Waals surface area contributed by atoms with Crippen LogP contribution in [0.2, 0.25) is 0 Å². The van der Waals surface area contributed by atoms with E-state index >= 15 is 0 Å². The van der Waals surface area contributed by atoms with Gasteiger partial charge < -0.3 is 19.7 Å². The Bertz CT molecular complexity index is 190. The van der Waals surface area contributed by atoms with Crippen LogP contribution < -0.4 is 5.32 Å². The Hall–Kier alpha value is -0.160. The van der Waals surface area contributed by atoms with Crippen LogP contribution in [0.4, 0.5) is 0 Å². The summed E-state index contributed by atoms with van der Waals surface area (Å²) in [7, 11) is 5.93. The summed E-state index contributed by atoms with van der Waals surface area (Å²) in [5.74, 6) is 0.571. The van der Waals surface area contributed by atoms with Gasteiger partial charge in [-0.2, -0.15) is 0 Å². The smallest absolute Gasteiger partial charge is 0.0857 e. The van der Waals surface area contributed by atoms with Crippen molar-refractivity contribution < 1.29 is 9.47 Å². The van der Waals surface area contributed by atoms with E-state index in [-0.39, 0.29) is 0 Å². The number of likely N-dealkylation sites (N-methyl/N-ethyl adjacent to an activating group) is 2. The predicted molar refractivity (Wildman–Crippen MR) is 65.7 cm³/mol. The molecule has 3 unspecified atom stereocenters. The molecule has 0 bridgehead atoms. The van der Waals surface area contributed by atoms with Crippen molar-refractivity contribution in [1.29, 1.82) is 0 Å². The maximum atomic E-state index is 5.86. The molecule has 1 saturated heterocycles. The summed E-state index contributed by atoms with van der Waals surface area (Å²) in [6.07, 6.45) is 1.38. The minimum atomic E-state index is 0.301. The third-order valence-electron chi connectivity index (χ3n) is 3.42. The summed E-state index contributed by atoms with van der Waals surface area (Å²) >= 11 is 0. The number of morpholine rings is 1. The molecule has 0 aromatic rings. The maximum Gasteiger partial charge on any atom is 0.0857 e. The van der Waals surface area contributed by atoms with E-state index in [0.717, 1.165) is 32.7 Å². The Morgan fingerprint density at radius 3 is 2.88 bits per heavy atom.